The minimum atomic E-state index is -0.749. The summed E-state index contributed by atoms with van der Waals surface area (Å²) >= 11 is 1.20. The second-order valence-electron chi connectivity index (χ2n) is 7.47. The quantitative estimate of drug-likeness (QED) is 0.595. The van der Waals surface area contributed by atoms with Crippen molar-refractivity contribution in [3.8, 4) is 17.2 Å². The van der Waals surface area contributed by atoms with Gasteiger partial charge in [0.25, 0.3) is 5.56 Å². The summed E-state index contributed by atoms with van der Waals surface area (Å²) in [6, 6.07) is 11.3. The third-order valence-electron chi connectivity index (χ3n) is 5.45. The molecule has 168 valence electrons. The van der Waals surface area contributed by atoms with E-state index in [0.29, 0.717) is 37.7 Å². The largest absolute Gasteiger partial charge is 0.507 e. The van der Waals surface area contributed by atoms with Gasteiger partial charge in [-0.15, -0.1) is 0 Å². The first-order chi connectivity index (χ1) is 16.0. The average Bonchev–Trinajstić information content (AvgIpc) is 3.38. The number of nitrogens with zero attached hydrogens (tertiary/aromatic N) is 2. The molecule has 8 nitrogen and oxygen atoms in total. The van der Waals surface area contributed by atoms with Crippen molar-refractivity contribution in [3.63, 3.8) is 0 Å². The number of phenols is 1. The highest BCUT2D eigenvalue weighted by Crippen LogP contribution is 2.38. The van der Waals surface area contributed by atoms with E-state index in [4.69, 9.17) is 14.2 Å². The van der Waals surface area contributed by atoms with Crippen molar-refractivity contribution in [1.82, 2.24) is 4.57 Å². The van der Waals surface area contributed by atoms with Crippen LogP contribution in [0.4, 0.5) is 0 Å². The first kappa shape index (κ1) is 21.0. The molecule has 2 aromatic carbocycles. The van der Waals surface area contributed by atoms with Crippen LogP contribution in [0.2, 0.25) is 0 Å². The van der Waals surface area contributed by atoms with E-state index in [1.807, 2.05) is 0 Å². The van der Waals surface area contributed by atoms with Gasteiger partial charge >= 0.3 is 5.97 Å². The number of thiazole rings is 1. The van der Waals surface area contributed by atoms with Crippen molar-refractivity contribution in [2.75, 3.05) is 13.4 Å². The van der Waals surface area contributed by atoms with Gasteiger partial charge in [-0.3, -0.25) is 9.36 Å². The minimum Gasteiger partial charge on any atom is -0.507 e. The molecule has 0 amide bonds. The number of para-hydroxylation sites is 1. The highest BCUT2D eigenvalue weighted by Gasteiger charge is 2.34. The van der Waals surface area contributed by atoms with Crippen LogP contribution in [0.25, 0.3) is 6.08 Å². The molecule has 3 aromatic rings. The maximum Gasteiger partial charge on any atom is 0.338 e. The van der Waals surface area contributed by atoms with Gasteiger partial charge in [0.1, 0.15) is 5.75 Å². The molecule has 5 rings (SSSR count). The Morgan fingerprint density at radius 2 is 2.06 bits per heavy atom. The lowest BCUT2D eigenvalue weighted by molar-refractivity contribution is -0.139. The van der Waals surface area contributed by atoms with Gasteiger partial charge in [-0.25, -0.2) is 9.79 Å². The lowest BCUT2D eigenvalue weighted by Crippen LogP contribution is -2.39. The zero-order chi connectivity index (χ0) is 23.1. The van der Waals surface area contributed by atoms with E-state index >= 15 is 0 Å². The molecule has 0 fully saturated rings. The zero-order valence-electron chi connectivity index (χ0n) is 17.9. The number of ether oxygens (including phenoxy) is 3. The smallest absolute Gasteiger partial charge is 0.338 e. The standard InChI is InChI=1S/C24H20N2O6S/c1-3-30-23(29)20-13(2)25-24-26(21(20)15-8-9-17-18(10-15)32-12-31-17)22(28)19(33-24)11-14-6-4-5-7-16(14)27/h4-11,21,27H,3,12H2,1-2H3/b19-11-/t21-/m0/s1. The zero-order valence-corrected chi connectivity index (χ0v) is 18.7. The lowest BCUT2D eigenvalue weighted by atomic mass is 9.95. The Balaban J connectivity index is 1.74. The van der Waals surface area contributed by atoms with Gasteiger partial charge in [0.15, 0.2) is 16.3 Å². The predicted molar refractivity (Wildman–Crippen MR) is 121 cm³/mol. The summed E-state index contributed by atoms with van der Waals surface area (Å²) < 4.78 is 18.1. The van der Waals surface area contributed by atoms with Crippen molar-refractivity contribution in [2.45, 2.75) is 19.9 Å². The molecule has 2 aliphatic rings. The molecule has 3 heterocycles. The summed E-state index contributed by atoms with van der Waals surface area (Å²) in [5, 5.41) is 10.1. The van der Waals surface area contributed by atoms with E-state index in [0.717, 1.165) is 0 Å². The van der Waals surface area contributed by atoms with Gasteiger partial charge in [0.2, 0.25) is 6.79 Å². The first-order valence-electron chi connectivity index (χ1n) is 10.3. The number of fused-ring (bicyclic) bond motifs is 2. The third kappa shape index (κ3) is 3.60. The summed E-state index contributed by atoms with van der Waals surface area (Å²) in [6.45, 7) is 3.76. The molecule has 9 heteroatoms. The molecule has 1 N–H and O–H groups in total. The molecule has 1 atom stereocenters. The van der Waals surface area contributed by atoms with Crippen molar-refractivity contribution in [1.29, 1.82) is 0 Å². The SMILES string of the molecule is CCOC(=O)C1=C(C)N=c2s/c(=C\c3ccccc3O)c(=O)n2[C@H]1c1ccc2c(c1)OCO2. The Morgan fingerprint density at radius 1 is 1.27 bits per heavy atom. The van der Waals surface area contributed by atoms with Crippen LogP contribution < -0.4 is 24.4 Å². The Hall–Kier alpha value is -3.85. The number of carbonyl (C=O) groups excluding carboxylic acids is 1. The van der Waals surface area contributed by atoms with Gasteiger partial charge in [-0.2, -0.15) is 0 Å². The fraction of sp³-hybridized carbons (Fsp3) is 0.208. The number of hydrogen-bond acceptors (Lipinski definition) is 8. The number of aromatic hydroxyl groups is 1. The van der Waals surface area contributed by atoms with E-state index in [9.17, 15) is 14.7 Å². The Bertz CT molecular complexity index is 1480. The van der Waals surface area contributed by atoms with E-state index in [1.54, 1.807) is 62.4 Å². The second-order valence-corrected chi connectivity index (χ2v) is 8.48. The number of carbonyl (C=O) groups is 1. The van der Waals surface area contributed by atoms with Gasteiger partial charge in [0, 0.05) is 5.56 Å². The summed E-state index contributed by atoms with van der Waals surface area (Å²) in [7, 11) is 0. The van der Waals surface area contributed by atoms with Crippen molar-refractivity contribution >= 4 is 23.4 Å². The molecule has 33 heavy (non-hydrogen) atoms. The Labute approximate surface area is 192 Å². The molecule has 0 unspecified atom stereocenters. The molecule has 0 radical (unpaired) electrons. The summed E-state index contributed by atoms with van der Waals surface area (Å²) in [6.07, 6.45) is 1.62. The van der Waals surface area contributed by atoms with Crippen LogP contribution in [0, 0.1) is 0 Å². The Morgan fingerprint density at radius 3 is 2.85 bits per heavy atom. The fourth-order valence-electron chi connectivity index (χ4n) is 3.94. The molecule has 2 aliphatic heterocycles. The summed E-state index contributed by atoms with van der Waals surface area (Å²) in [5.74, 6) is 0.682. The van der Waals surface area contributed by atoms with E-state index < -0.39 is 12.0 Å². The van der Waals surface area contributed by atoms with Crippen LogP contribution in [0.3, 0.4) is 0 Å². The van der Waals surface area contributed by atoms with Gasteiger partial charge in [-0.1, -0.05) is 35.6 Å². The monoisotopic (exact) mass is 464 g/mol. The number of benzene rings is 2. The molecule has 0 saturated carbocycles. The normalized spacial score (nSPS) is 17.0. The van der Waals surface area contributed by atoms with E-state index in [-0.39, 0.29) is 30.3 Å². The number of allylic oxidation sites excluding steroid dienone is 1. The molecular weight excluding hydrogens is 444 g/mol. The topological polar surface area (TPSA) is 99.4 Å². The van der Waals surface area contributed by atoms with Crippen LogP contribution in [-0.2, 0) is 9.53 Å². The second kappa shape index (κ2) is 8.25. The van der Waals surface area contributed by atoms with Crippen LogP contribution in [0.15, 0.2) is 63.5 Å². The number of rotatable bonds is 4. The van der Waals surface area contributed by atoms with Crippen LogP contribution in [-0.4, -0.2) is 29.0 Å². The predicted octanol–water partition coefficient (Wildman–Crippen LogP) is 2.23. The van der Waals surface area contributed by atoms with Crippen LogP contribution >= 0.6 is 11.3 Å². The molecule has 0 bridgehead atoms. The highest BCUT2D eigenvalue weighted by atomic mass is 32.1. The maximum atomic E-state index is 13.5. The Kier molecular flexibility index (Phi) is 5.26. The van der Waals surface area contributed by atoms with Crippen molar-refractivity contribution in [2.24, 2.45) is 4.99 Å². The number of aromatic nitrogens is 1. The van der Waals surface area contributed by atoms with Crippen molar-refractivity contribution < 1.29 is 24.1 Å². The van der Waals surface area contributed by atoms with Crippen LogP contribution in [0.1, 0.15) is 31.0 Å². The maximum absolute atomic E-state index is 13.5. The average molecular weight is 464 g/mol. The van der Waals surface area contributed by atoms with E-state index in [2.05, 4.69) is 4.99 Å². The van der Waals surface area contributed by atoms with E-state index in [1.165, 1.54) is 15.9 Å². The summed E-state index contributed by atoms with van der Waals surface area (Å²) in [4.78, 5) is 31.5. The molecule has 0 saturated heterocycles. The van der Waals surface area contributed by atoms with Gasteiger partial charge < -0.3 is 19.3 Å². The minimum absolute atomic E-state index is 0.0686. The van der Waals surface area contributed by atoms with Gasteiger partial charge in [-0.05, 0) is 43.7 Å². The van der Waals surface area contributed by atoms with Crippen molar-refractivity contribution in [3.05, 3.63) is 84.5 Å². The number of hydrogen-bond donors (Lipinski definition) is 1. The molecular formula is C24H20N2O6S. The molecule has 1 aromatic heterocycles. The lowest BCUT2D eigenvalue weighted by Gasteiger charge is -2.24. The van der Waals surface area contributed by atoms with Gasteiger partial charge in [0.05, 0.1) is 28.5 Å². The first-order valence-corrected chi connectivity index (χ1v) is 11.2. The highest BCUT2D eigenvalue weighted by molar-refractivity contribution is 7.07. The fourth-order valence-corrected chi connectivity index (χ4v) is 4.98. The number of esters is 1. The summed E-state index contributed by atoms with van der Waals surface area (Å²) in [5.41, 5.74) is 1.64. The van der Waals surface area contributed by atoms with Crippen LogP contribution in [0.5, 0.6) is 17.2 Å². The molecule has 0 aliphatic carbocycles. The molecule has 0 spiro atoms. The third-order valence-corrected chi connectivity index (χ3v) is 6.44. The number of phenolic OH excluding ortho intramolecular Hbond substituents is 1.